The van der Waals surface area contributed by atoms with Crippen LogP contribution in [0.4, 0.5) is 0 Å². The molecule has 3 aromatic rings. The molecule has 4 rings (SSSR count). The number of fused-ring (bicyclic) bond motifs is 1. The molecule has 1 aliphatic rings. The number of nitrogens with zero attached hydrogens (tertiary/aromatic N) is 3. The average Bonchev–Trinajstić information content (AvgIpc) is 2.76. The number of rotatable bonds is 4. The minimum Gasteiger partial charge on any atom is -0.327 e. The molecular formula is C23H22ClN3O3. The SMILES string of the molecule is CN(C(=O)Cn1c(=O)cnc2ccccc21)C1(c2ccccc2Cl)CCCCC1=O. The number of Topliss-reactive ketones (excluding diaryl/α,β-unsaturated/α-hetero) is 1. The molecule has 0 saturated heterocycles. The first-order valence-electron chi connectivity index (χ1n) is 9.95. The Kier molecular flexibility index (Phi) is 5.43. The van der Waals surface area contributed by atoms with Crippen LogP contribution in [-0.4, -0.2) is 33.2 Å². The third-order valence-electron chi connectivity index (χ3n) is 5.97. The van der Waals surface area contributed by atoms with Crippen LogP contribution >= 0.6 is 11.6 Å². The van der Waals surface area contributed by atoms with Gasteiger partial charge < -0.3 is 4.90 Å². The summed E-state index contributed by atoms with van der Waals surface area (Å²) in [6.45, 7) is -0.183. The highest BCUT2D eigenvalue weighted by molar-refractivity contribution is 6.31. The van der Waals surface area contributed by atoms with E-state index in [-0.39, 0.29) is 23.8 Å². The van der Waals surface area contributed by atoms with Gasteiger partial charge in [-0.25, -0.2) is 4.98 Å². The van der Waals surface area contributed by atoms with Crippen LogP contribution in [-0.2, 0) is 21.7 Å². The van der Waals surface area contributed by atoms with Crippen molar-refractivity contribution in [1.29, 1.82) is 0 Å². The number of para-hydroxylation sites is 2. The topological polar surface area (TPSA) is 72.3 Å². The van der Waals surface area contributed by atoms with Crippen LogP contribution in [0.2, 0.25) is 5.02 Å². The fourth-order valence-electron chi connectivity index (χ4n) is 4.36. The van der Waals surface area contributed by atoms with Gasteiger partial charge in [0.2, 0.25) is 5.91 Å². The number of likely N-dealkylation sites (N-methyl/N-ethyl adjacent to an activating group) is 1. The molecule has 0 N–H and O–H groups in total. The van der Waals surface area contributed by atoms with E-state index in [1.165, 1.54) is 15.7 Å². The second-order valence-corrected chi connectivity index (χ2v) is 8.00. The molecule has 1 saturated carbocycles. The first-order chi connectivity index (χ1) is 14.4. The van der Waals surface area contributed by atoms with Gasteiger partial charge in [0, 0.05) is 24.1 Å². The van der Waals surface area contributed by atoms with Gasteiger partial charge in [0.1, 0.15) is 12.1 Å². The fourth-order valence-corrected chi connectivity index (χ4v) is 4.65. The average molecular weight is 424 g/mol. The van der Waals surface area contributed by atoms with Crippen LogP contribution in [0.25, 0.3) is 11.0 Å². The number of hydrogen-bond donors (Lipinski definition) is 0. The van der Waals surface area contributed by atoms with Crippen molar-refractivity contribution in [2.45, 2.75) is 37.8 Å². The number of carbonyl (C=O) groups is 2. The number of halogens is 1. The molecule has 1 aliphatic carbocycles. The third-order valence-corrected chi connectivity index (χ3v) is 6.30. The van der Waals surface area contributed by atoms with E-state index in [4.69, 9.17) is 11.6 Å². The van der Waals surface area contributed by atoms with Crippen LogP contribution in [0.15, 0.2) is 59.5 Å². The van der Waals surface area contributed by atoms with E-state index in [0.29, 0.717) is 34.5 Å². The standard InChI is InChI=1S/C23H22ClN3O3/c1-26(22(30)15-27-19-11-5-4-10-18(19)25-14-21(27)29)23(13-7-6-12-20(23)28)16-8-2-3-9-17(16)24/h2-5,8-11,14H,6-7,12-13,15H2,1H3. The molecule has 154 valence electrons. The fraction of sp³-hybridized carbons (Fsp3) is 0.304. The zero-order valence-electron chi connectivity index (χ0n) is 16.7. The van der Waals surface area contributed by atoms with Crippen LogP contribution in [0.3, 0.4) is 0 Å². The molecule has 1 fully saturated rings. The molecule has 0 radical (unpaired) electrons. The van der Waals surface area contributed by atoms with Crippen LogP contribution in [0, 0.1) is 0 Å². The highest BCUT2D eigenvalue weighted by Crippen LogP contribution is 2.42. The molecule has 6 nitrogen and oxygen atoms in total. The zero-order chi connectivity index (χ0) is 21.3. The number of amides is 1. The van der Waals surface area contributed by atoms with Crippen molar-refractivity contribution in [3.63, 3.8) is 0 Å². The molecular weight excluding hydrogens is 402 g/mol. The minimum atomic E-state index is -1.12. The Bertz CT molecular complexity index is 1190. The number of aromatic nitrogens is 2. The minimum absolute atomic E-state index is 0.0235. The van der Waals surface area contributed by atoms with Crippen molar-refractivity contribution in [3.05, 3.63) is 75.7 Å². The van der Waals surface area contributed by atoms with E-state index < -0.39 is 5.54 Å². The van der Waals surface area contributed by atoms with Crippen LogP contribution in [0.5, 0.6) is 0 Å². The molecule has 0 spiro atoms. The van der Waals surface area contributed by atoms with Crippen molar-refractivity contribution in [2.75, 3.05) is 7.05 Å². The van der Waals surface area contributed by atoms with Crippen molar-refractivity contribution in [3.8, 4) is 0 Å². The van der Waals surface area contributed by atoms with Gasteiger partial charge in [-0.2, -0.15) is 0 Å². The summed E-state index contributed by atoms with van der Waals surface area (Å²) in [5, 5.41) is 0.457. The lowest BCUT2D eigenvalue weighted by atomic mass is 9.74. The summed E-state index contributed by atoms with van der Waals surface area (Å²) in [5.41, 5.74) is 0.354. The van der Waals surface area contributed by atoms with E-state index in [9.17, 15) is 14.4 Å². The van der Waals surface area contributed by atoms with E-state index in [1.807, 2.05) is 18.2 Å². The van der Waals surface area contributed by atoms with Crippen molar-refractivity contribution in [1.82, 2.24) is 14.5 Å². The molecule has 7 heteroatoms. The Hall–Kier alpha value is -2.99. The zero-order valence-corrected chi connectivity index (χ0v) is 17.4. The molecule has 30 heavy (non-hydrogen) atoms. The number of carbonyl (C=O) groups excluding carboxylic acids is 2. The van der Waals surface area contributed by atoms with E-state index >= 15 is 0 Å². The Morgan fingerprint density at radius 1 is 1.13 bits per heavy atom. The first-order valence-corrected chi connectivity index (χ1v) is 10.3. The maximum Gasteiger partial charge on any atom is 0.269 e. The van der Waals surface area contributed by atoms with Gasteiger partial charge in [0.25, 0.3) is 5.56 Å². The van der Waals surface area contributed by atoms with Crippen molar-refractivity contribution < 1.29 is 9.59 Å². The van der Waals surface area contributed by atoms with Crippen molar-refractivity contribution >= 4 is 34.3 Å². The van der Waals surface area contributed by atoms with Gasteiger partial charge in [-0.15, -0.1) is 0 Å². The second kappa shape index (κ2) is 8.03. The van der Waals surface area contributed by atoms with Gasteiger partial charge in [-0.3, -0.25) is 19.0 Å². The second-order valence-electron chi connectivity index (χ2n) is 7.59. The van der Waals surface area contributed by atoms with E-state index in [0.717, 1.165) is 12.8 Å². The Morgan fingerprint density at radius 3 is 2.63 bits per heavy atom. The number of benzene rings is 2. The number of ketones is 1. The molecule has 0 bridgehead atoms. The molecule has 1 aromatic heterocycles. The van der Waals surface area contributed by atoms with E-state index in [1.54, 1.807) is 37.4 Å². The molecule has 0 aliphatic heterocycles. The summed E-state index contributed by atoms with van der Waals surface area (Å²) in [6, 6.07) is 14.3. The maximum absolute atomic E-state index is 13.4. The molecule has 1 heterocycles. The smallest absolute Gasteiger partial charge is 0.269 e. The molecule has 1 atom stereocenters. The lowest BCUT2D eigenvalue weighted by Gasteiger charge is -2.44. The van der Waals surface area contributed by atoms with Gasteiger partial charge >= 0.3 is 0 Å². The van der Waals surface area contributed by atoms with Crippen LogP contribution < -0.4 is 5.56 Å². The predicted octanol–water partition coefficient (Wildman–Crippen LogP) is 3.55. The summed E-state index contributed by atoms with van der Waals surface area (Å²) < 4.78 is 1.40. The third kappa shape index (κ3) is 3.31. The maximum atomic E-state index is 13.4. The largest absolute Gasteiger partial charge is 0.327 e. The lowest BCUT2D eigenvalue weighted by Crippen LogP contribution is -2.55. The lowest BCUT2D eigenvalue weighted by molar-refractivity contribution is -0.148. The normalized spacial score (nSPS) is 19.1. The molecule has 2 aromatic carbocycles. The highest BCUT2D eigenvalue weighted by Gasteiger charge is 2.47. The summed E-state index contributed by atoms with van der Waals surface area (Å²) in [5.74, 6) is -0.353. The van der Waals surface area contributed by atoms with Gasteiger partial charge in [-0.05, 0) is 37.5 Å². The monoisotopic (exact) mass is 423 g/mol. The summed E-state index contributed by atoms with van der Waals surface area (Å²) in [6.07, 6.45) is 3.71. The predicted molar refractivity (Wildman–Crippen MR) is 115 cm³/mol. The summed E-state index contributed by atoms with van der Waals surface area (Å²) in [4.78, 5) is 44.7. The number of hydrogen-bond acceptors (Lipinski definition) is 4. The Morgan fingerprint density at radius 2 is 1.87 bits per heavy atom. The Balaban J connectivity index is 1.77. The van der Waals surface area contributed by atoms with Crippen LogP contribution in [0.1, 0.15) is 31.2 Å². The summed E-state index contributed by atoms with van der Waals surface area (Å²) >= 11 is 6.47. The van der Waals surface area contributed by atoms with Gasteiger partial charge in [-0.1, -0.05) is 41.9 Å². The van der Waals surface area contributed by atoms with Gasteiger partial charge in [0.15, 0.2) is 5.78 Å². The molecule has 1 unspecified atom stereocenters. The molecule has 1 amide bonds. The highest BCUT2D eigenvalue weighted by atomic mass is 35.5. The Labute approximate surface area is 179 Å². The van der Waals surface area contributed by atoms with Gasteiger partial charge in [0.05, 0.1) is 17.2 Å². The van der Waals surface area contributed by atoms with Crippen molar-refractivity contribution in [2.24, 2.45) is 0 Å². The quantitative estimate of drug-likeness (QED) is 0.643. The van der Waals surface area contributed by atoms with E-state index in [2.05, 4.69) is 4.98 Å². The first kappa shape index (κ1) is 20.3. The summed E-state index contributed by atoms with van der Waals surface area (Å²) in [7, 11) is 1.63.